The van der Waals surface area contributed by atoms with Gasteiger partial charge in [-0.05, 0) is 46.9 Å². The van der Waals surface area contributed by atoms with Crippen molar-refractivity contribution in [2.75, 3.05) is 6.61 Å². The summed E-state index contributed by atoms with van der Waals surface area (Å²) in [4.78, 5) is 1.24. The van der Waals surface area contributed by atoms with Crippen LogP contribution in [0.15, 0.2) is 47.4 Å². The second kappa shape index (κ2) is 9.96. The number of benzene rings is 2. The van der Waals surface area contributed by atoms with Crippen LogP contribution in [0.2, 0.25) is 0 Å². The van der Waals surface area contributed by atoms with E-state index in [1.54, 1.807) is 0 Å². The standard InChI is InChI=1S/C25H36O2S/c1-17(2)20-15-22(18(3)4)24(23(16-20)19(5)6)28-27-14-13-25(7,26)21-11-9-8-10-12-21/h8-12,15-19,26H,13-14H2,1-7H3. The highest BCUT2D eigenvalue weighted by Crippen LogP contribution is 2.39. The van der Waals surface area contributed by atoms with Crippen molar-refractivity contribution in [1.82, 2.24) is 0 Å². The summed E-state index contributed by atoms with van der Waals surface area (Å²) < 4.78 is 6.02. The van der Waals surface area contributed by atoms with Gasteiger partial charge < -0.3 is 9.29 Å². The molecule has 1 unspecified atom stereocenters. The van der Waals surface area contributed by atoms with Gasteiger partial charge in [-0.25, -0.2) is 0 Å². The SMILES string of the molecule is CC(C)c1cc(C(C)C)c(SOCCC(C)(O)c2ccccc2)c(C(C)C)c1. The van der Waals surface area contributed by atoms with Crippen molar-refractivity contribution in [2.45, 2.75) is 83.1 Å². The van der Waals surface area contributed by atoms with E-state index < -0.39 is 5.60 Å². The molecule has 0 aliphatic heterocycles. The van der Waals surface area contributed by atoms with Gasteiger partial charge in [0, 0.05) is 23.4 Å². The van der Waals surface area contributed by atoms with Crippen LogP contribution in [0.1, 0.15) is 94.9 Å². The fourth-order valence-corrected chi connectivity index (χ4v) is 4.33. The van der Waals surface area contributed by atoms with Crippen LogP contribution in [0.4, 0.5) is 0 Å². The molecular formula is C25H36O2S. The van der Waals surface area contributed by atoms with Crippen molar-refractivity contribution in [3.05, 3.63) is 64.7 Å². The van der Waals surface area contributed by atoms with Gasteiger partial charge in [-0.2, -0.15) is 0 Å². The smallest absolute Gasteiger partial charge is 0.0890 e. The molecule has 3 heteroatoms. The minimum Gasteiger partial charge on any atom is -0.385 e. The Hall–Kier alpha value is -1.29. The maximum Gasteiger partial charge on any atom is 0.0890 e. The van der Waals surface area contributed by atoms with E-state index in [1.807, 2.05) is 37.3 Å². The van der Waals surface area contributed by atoms with E-state index in [0.29, 0.717) is 30.8 Å². The average Bonchev–Trinajstić information content (AvgIpc) is 2.65. The molecule has 0 saturated heterocycles. The number of hydrogen-bond acceptors (Lipinski definition) is 3. The lowest BCUT2D eigenvalue weighted by Crippen LogP contribution is -2.22. The summed E-state index contributed by atoms with van der Waals surface area (Å²) in [5, 5.41) is 10.8. The molecule has 0 bridgehead atoms. The average molecular weight is 401 g/mol. The minimum absolute atomic E-state index is 0.440. The van der Waals surface area contributed by atoms with Crippen molar-refractivity contribution in [1.29, 1.82) is 0 Å². The van der Waals surface area contributed by atoms with Gasteiger partial charge in [-0.3, -0.25) is 0 Å². The molecule has 0 aliphatic carbocycles. The Morgan fingerprint density at radius 1 is 0.893 bits per heavy atom. The molecule has 0 radical (unpaired) electrons. The Bertz CT molecular complexity index is 719. The first-order valence-corrected chi connectivity index (χ1v) is 11.1. The fraction of sp³-hybridized carbons (Fsp3) is 0.520. The third kappa shape index (κ3) is 5.85. The molecule has 0 spiro atoms. The highest BCUT2D eigenvalue weighted by Gasteiger charge is 2.23. The molecule has 2 aromatic carbocycles. The monoisotopic (exact) mass is 400 g/mol. The van der Waals surface area contributed by atoms with Crippen molar-refractivity contribution in [3.8, 4) is 0 Å². The van der Waals surface area contributed by atoms with E-state index in [1.165, 1.54) is 33.6 Å². The van der Waals surface area contributed by atoms with Gasteiger partial charge in [0.1, 0.15) is 0 Å². The zero-order chi connectivity index (χ0) is 20.9. The Kier molecular flexibility index (Phi) is 8.18. The molecule has 0 saturated carbocycles. The summed E-state index contributed by atoms with van der Waals surface area (Å²) in [7, 11) is 0. The summed E-state index contributed by atoms with van der Waals surface area (Å²) in [6.45, 7) is 15.8. The lowest BCUT2D eigenvalue weighted by atomic mass is 9.89. The highest BCUT2D eigenvalue weighted by molar-refractivity contribution is 7.94. The van der Waals surface area contributed by atoms with Crippen LogP contribution in [-0.2, 0) is 9.78 Å². The Morgan fingerprint density at radius 2 is 1.43 bits per heavy atom. The maximum atomic E-state index is 10.8. The van der Waals surface area contributed by atoms with E-state index >= 15 is 0 Å². The summed E-state index contributed by atoms with van der Waals surface area (Å²) in [5.41, 5.74) is 4.15. The number of aliphatic hydroxyl groups is 1. The molecule has 1 N–H and O–H groups in total. The molecule has 0 aromatic heterocycles. The molecule has 2 rings (SSSR count). The first-order valence-electron chi connectivity index (χ1n) is 10.4. The van der Waals surface area contributed by atoms with Crippen molar-refractivity contribution >= 4 is 12.0 Å². The maximum absolute atomic E-state index is 10.8. The van der Waals surface area contributed by atoms with Crippen LogP contribution >= 0.6 is 12.0 Å². The molecule has 2 aromatic rings. The summed E-state index contributed by atoms with van der Waals surface area (Å²) in [6.07, 6.45) is 0.558. The van der Waals surface area contributed by atoms with Crippen LogP contribution in [0, 0.1) is 0 Å². The predicted octanol–water partition coefficient (Wildman–Crippen LogP) is 7.38. The quantitative estimate of drug-likeness (QED) is 0.352. The summed E-state index contributed by atoms with van der Waals surface area (Å²) in [6, 6.07) is 14.5. The molecule has 0 amide bonds. The molecule has 28 heavy (non-hydrogen) atoms. The van der Waals surface area contributed by atoms with Gasteiger partial charge in [0.2, 0.25) is 0 Å². The van der Waals surface area contributed by atoms with Crippen molar-refractivity contribution in [3.63, 3.8) is 0 Å². The van der Waals surface area contributed by atoms with Gasteiger partial charge in [0.25, 0.3) is 0 Å². The molecule has 1 atom stereocenters. The molecular weight excluding hydrogens is 364 g/mol. The first-order chi connectivity index (χ1) is 13.1. The molecule has 154 valence electrons. The van der Waals surface area contributed by atoms with Crippen LogP contribution in [0.25, 0.3) is 0 Å². The first kappa shape index (κ1) is 23.0. The Balaban J connectivity index is 2.14. The van der Waals surface area contributed by atoms with Crippen molar-refractivity contribution in [2.24, 2.45) is 0 Å². The Labute approximate surface area is 175 Å². The highest BCUT2D eigenvalue weighted by atomic mass is 32.2. The second-order valence-corrected chi connectivity index (χ2v) is 9.60. The van der Waals surface area contributed by atoms with E-state index in [2.05, 4.69) is 53.7 Å². The lowest BCUT2D eigenvalue weighted by Gasteiger charge is -2.24. The Morgan fingerprint density at radius 3 is 1.89 bits per heavy atom. The number of hydrogen-bond donors (Lipinski definition) is 1. The lowest BCUT2D eigenvalue weighted by molar-refractivity contribution is 0.0359. The van der Waals surface area contributed by atoms with Gasteiger partial charge in [-0.1, -0.05) is 84.0 Å². The van der Waals surface area contributed by atoms with Crippen LogP contribution in [0.3, 0.4) is 0 Å². The third-order valence-electron chi connectivity index (χ3n) is 5.29. The van der Waals surface area contributed by atoms with Crippen LogP contribution < -0.4 is 0 Å². The van der Waals surface area contributed by atoms with E-state index in [9.17, 15) is 5.11 Å². The summed E-state index contributed by atoms with van der Waals surface area (Å²) >= 11 is 1.48. The van der Waals surface area contributed by atoms with Crippen LogP contribution in [0.5, 0.6) is 0 Å². The fourth-order valence-electron chi connectivity index (χ4n) is 3.27. The molecule has 0 fully saturated rings. The van der Waals surface area contributed by atoms with Crippen molar-refractivity contribution < 1.29 is 9.29 Å². The second-order valence-electron chi connectivity index (χ2n) is 8.79. The van der Waals surface area contributed by atoms with Gasteiger partial charge in [0.05, 0.1) is 12.2 Å². The number of rotatable bonds is 9. The topological polar surface area (TPSA) is 29.5 Å². The summed E-state index contributed by atoms with van der Waals surface area (Å²) in [5.74, 6) is 1.39. The zero-order valence-corrected chi connectivity index (χ0v) is 19.3. The van der Waals surface area contributed by atoms with E-state index in [4.69, 9.17) is 4.18 Å². The zero-order valence-electron chi connectivity index (χ0n) is 18.5. The van der Waals surface area contributed by atoms with E-state index in [0.717, 1.165) is 5.56 Å². The van der Waals surface area contributed by atoms with E-state index in [-0.39, 0.29) is 0 Å². The van der Waals surface area contributed by atoms with Gasteiger partial charge in [-0.15, -0.1) is 0 Å². The minimum atomic E-state index is -0.884. The molecule has 0 aliphatic rings. The third-order valence-corrected chi connectivity index (χ3v) is 6.21. The largest absolute Gasteiger partial charge is 0.385 e. The molecule has 2 nitrogen and oxygen atoms in total. The normalized spacial score (nSPS) is 14.1. The van der Waals surface area contributed by atoms with Gasteiger partial charge >= 0.3 is 0 Å². The molecule has 0 heterocycles. The predicted molar refractivity (Wildman–Crippen MR) is 121 cm³/mol. The van der Waals surface area contributed by atoms with Gasteiger partial charge in [0.15, 0.2) is 0 Å². The van der Waals surface area contributed by atoms with Crippen LogP contribution in [-0.4, -0.2) is 11.7 Å².